The van der Waals surface area contributed by atoms with Crippen molar-refractivity contribution in [2.45, 2.75) is 25.4 Å². The Kier molecular flexibility index (Phi) is 5.62. The first-order chi connectivity index (χ1) is 15.8. The van der Waals surface area contributed by atoms with Gasteiger partial charge in [0.25, 0.3) is 0 Å². The van der Waals surface area contributed by atoms with Crippen LogP contribution in [0.5, 0.6) is 0 Å². The van der Waals surface area contributed by atoms with Crippen LogP contribution in [0.2, 0.25) is 0 Å². The van der Waals surface area contributed by atoms with Gasteiger partial charge in [-0.3, -0.25) is 9.78 Å². The van der Waals surface area contributed by atoms with Crippen LogP contribution in [0.25, 0.3) is 23.0 Å². The van der Waals surface area contributed by atoms with E-state index in [4.69, 9.17) is 5.10 Å². The van der Waals surface area contributed by atoms with Crippen LogP contribution in [-0.2, 0) is 11.3 Å². The summed E-state index contributed by atoms with van der Waals surface area (Å²) in [6.07, 6.45) is 11.2. The minimum absolute atomic E-state index is 0.0287. The molecule has 4 aromatic rings. The minimum atomic E-state index is 0.0287. The molecule has 0 radical (unpaired) electrons. The fraction of sp³-hybridized carbons (Fsp3) is 0.148. The van der Waals surface area contributed by atoms with Crippen molar-refractivity contribution >= 4 is 12.0 Å². The van der Waals surface area contributed by atoms with Gasteiger partial charge in [0.2, 0.25) is 5.91 Å². The summed E-state index contributed by atoms with van der Waals surface area (Å²) in [4.78, 5) is 19.3. The third-order valence-corrected chi connectivity index (χ3v) is 5.57. The quantitative estimate of drug-likeness (QED) is 0.389. The largest absolute Gasteiger partial charge is 0.332 e. The van der Waals surface area contributed by atoms with Crippen molar-refractivity contribution in [1.82, 2.24) is 19.7 Å². The number of nitrogens with zero attached hydrogens (tertiary/aromatic N) is 4. The Bertz CT molecular complexity index is 1210. The molecule has 1 amide bonds. The Morgan fingerprint density at radius 1 is 1.00 bits per heavy atom. The van der Waals surface area contributed by atoms with Crippen LogP contribution in [0.15, 0.2) is 97.5 Å². The standard InChI is InChI=1S/C27H24N4O/c32-26(30(24-14-15-24)19-21-8-3-1-4-9-21)16-13-23-20-31(25-11-5-2-6-12-25)29-27(23)22-10-7-17-28-18-22/h1-13,16-18,20,24H,14-15,19H2/b16-13+. The Balaban J connectivity index is 1.44. The van der Waals surface area contributed by atoms with E-state index in [-0.39, 0.29) is 5.91 Å². The molecule has 1 saturated carbocycles. The highest BCUT2D eigenvalue weighted by atomic mass is 16.2. The number of hydrogen-bond acceptors (Lipinski definition) is 3. The number of rotatable bonds is 7. The van der Waals surface area contributed by atoms with E-state index in [0.717, 1.165) is 40.9 Å². The van der Waals surface area contributed by atoms with Crippen molar-refractivity contribution in [3.05, 3.63) is 109 Å². The van der Waals surface area contributed by atoms with E-state index < -0.39 is 0 Å². The van der Waals surface area contributed by atoms with Crippen LogP contribution >= 0.6 is 0 Å². The lowest BCUT2D eigenvalue weighted by atomic mass is 10.1. The van der Waals surface area contributed by atoms with Gasteiger partial charge in [-0.15, -0.1) is 0 Å². The van der Waals surface area contributed by atoms with Crippen molar-refractivity contribution in [1.29, 1.82) is 0 Å². The van der Waals surface area contributed by atoms with Gasteiger partial charge in [0.05, 0.1) is 5.69 Å². The lowest BCUT2D eigenvalue weighted by Crippen LogP contribution is -2.31. The van der Waals surface area contributed by atoms with E-state index in [1.54, 1.807) is 18.5 Å². The molecule has 1 aliphatic carbocycles. The summed E-state index contributed by atoms with van der Waals surface area (Å²) in [6, 6.07) is 24.3. The summed E-state index contributed by atoms with van der Waals surface area (Å²) >= 11 is 0. The van der Waals surface area contributed by atoms with E-state index in [0.29, 0.717) is 12.6 Å². The first-order valence-electron chi connectivity index (χ1n) is 10.9. The van der Waals surface area contributed by atoms with Crippen LogP contribution in [0.4, 0.5) is 0 Å². The Hall–Kier alpha value is -3.99. The molecule has 5 nitrogen and oxygen atoms in total. The average molecular weight is 421 g/mol. The van der Waals surface area contributed by atoms with Crippen molar-refractivity contribution in [2.75, 3.05) is 0 Å². The van der Waals surface area contributed by atoms with E-state index in [2.05, 4.69) is 17.1 Å². The second-order valence-corrected chi connectivity index (χ2v) is 7.97. The third kappa shape index (κ3) is 4.52. The van der Waals surface area contributed by atoms with E-state index in [1.165, 1.54) is 0 Å². The number of aromatic nitrogens is 3. The van der Waals surface area contributed by atoms with Crippen molar-refractivity contribution < 1.29 is 4.79 Å². The maximum absolute atomic E-state index is 13.1. The number of carbonyl (C=O) groups is 1. The summed E-state index contributed by atoms with van der Waals surface area (Å²) in [5, 5.41) is 4.79. The molecule has 0 unspecified atom stereocenters. The molecule has 0 spiro atoms. The molecule has 5 heteroatoms. The predicted octanol–water partition coefficient (Wildman–Crippen LogP) is 5.14. The Labute approximate surface area is 187 Å². The molecule has 2 aromatic carbocycles. The smallest absolute Gasteiger partial charge is 0.247 e. The van der Waals surface area contributed by atoms with Crippen molar-refractivity contribution in [3.63, 3.8) is 0 Å². The maximum atomic E-state index is 13.1. The lowest BCUT2D eigenvalue weighted by Gasteiger charge is -2.21. The number of carbonyl (C=O) groups excluding carboxylic acids is 1. The van der Waals surface area contributed by atoms with Crippen LogP contribution < -0.4 is 0 Å². The van der Waals surface area contributed by atoms with Gasteiger partial charge in [-0.1, -0.05) is 48.5 Å². The molecule has 0 saturated heterocycles. The van der Waals surface area contributed by atoms with Gasteiger partial charge in [-0.2, -0.15) is 5.10 Å². The highest BCUT2D eigenvalue weighted by Crippen LogP contribution is 2.29. The summed E-state index contributed by atoms with van der Waals surface area (Å²) in [7, 11) is 0. The number of amides is 1. The molecule has 2 heterocycles. The fourth-order valence-electron chi connectivity index (χ4n) is 3.76. The summed E-state index contributed by atoms with van der Waals surface area (Å²) in [6.45, 7) is 0.632. The third-order valence-electron chi connectivity index (χ3n) is 5.57. The SMILES string of the molecule is O=C(/C=C/c1cn(-c2ccccc2)nc1-c1cccnc1)N(Cc1ccccc1)C1CC1. The monoisotopic (exact) mass is 420 g/mol. The number of hydrogen-bond donors (Lipinski definition) is 0. The first-order valence-corrected chi connectivity index (χ1v) is 10.9. The van der Waals surface area contributed by atoms with Gasteiger partial charge in [-0.25, -0.2) is 4.68 Å². The molecule has 1 fully saturated rings. The molecule has 5 rings (SSSR count). The molecule has 0 N–H and O–H groups in total. The van der Waals surface area contributed by atoms with E-state index in [9.17, 15) is 4.79 Å². The molecule has 0 atom stereocenters. The predicted molar refractivity (Wildman–Crippen MR) is 126 cm³/mol. The van der Waals surface area contributed by atoms with E-state index in [1.807, 2.05) is 82.5 Å². The van der Waals surface area contributed by atoms with Gasteiger partial charge >= 0.3 is 0 Å². The van der Waals surface area contributed by atoms with Gasteiger partial charge < -0.3 is 4.90 Å². The highest BCUT2D eigenvalue weighted by molar-refractivity contribution is 5.93. The molecule has 158 valence electrons. The molecular formula is C27H24N4O. The minimum Gasteiger partial charge on any atom is -0.332 e. The molecule has 1 aliphatic rings. The van der Waals surface area contributed by atoms with Gasteiger partial charge in [-0.05, 0) is 48.7 Å². The van der Waals surface area contributed by atoms with Crippen molar-refractivity contribution in [2.24, 2.45) is 0 Å². The van der Waals surface area contributed by atoms with Gasteiger partial charge in [0, 0.05) is 48.4 Å². The summed E-state index contributed by atoms with van der Waals surface area (Å²) in [5.41, 5.74) is 4.71. The summed E-state index contributed by atoms with van der Waals surface area (Å²) in [5.74, 6) is 0.0287. The van der Waals surface area contributed by atoms with Crippen molar-refractivity contribution in [3.8, 4) is 16.9 Å². The second-order valence-electron chi connectivity index (χ2n) is 7.97. The normalized spacial score (nSPS) is 13.4. The molecule has 0 aliphatic heterocycles. The van der Waals surface area contributed by atoms with Gasteiger partial charge in [0.15, 0.2) is 0 Å². The van der Waals surface area contributed by atoms with Crippen LogP contribution in [0, 0.1) is 0 Å². The van der Waals surface area contributed by atoms with E-state index >= 15 is 0 Å². The highest BCUT2D eigenvalue weighted by Gasteiger charge is 2.31. The van der Waals surface area contributed by atoms with Crippen LogP contribution in [0.1, 0.15) is 24.0 Å². The topological polar surface area (TPSA) is 51.0 Å². The Morgan fingerprint density at radius 3 is 2.44 bits per heavy atom. The first kappa shape index (κ1) is 19.9. The van der Waals surface area contributed by atoms with Crippen LogP contribution in [0.3, 0.4) is 0 Å². The zero-order valence-electron chi connectivity index (χ0n) is 17.7. The zero-order valence-corrected chi connectivity index (χ0v) is 17.7. The maximum Gasteiger partial charge on any atom is 0.247 e. The number of pyridine rings is 1. The van der Waals surface area contributed by atoms with Gasteiger partial charge in [0.1, 0.15) is 5.69 Å². The second kappa shape index (κ2) is 9.02. The average Bonchev–Trinajstić information content (AvgIpc) is 3.61. The zero-order chi connectivity index (χ0) is 21.8. The molecule has 32 heavy (non-hydrogen) atoms. The lowest BCUT2D eigenvalue weighted by molar-refractivity contribution is -0.127. The fourth-order valence-corrected chi connectivity index (χ4v) is 3.76. The summed E-state index contributed by atoms with van der Waals surface area (Å²) < 4.78 is 1.84. The Morgan fingerprint density at radius 2 is 1.75 bits per heavy atom. The number of benzene rings is 2. The van der Waals surface area contributed by atoms with Crippen LogP contribution in [-0.4, -0.2) is 31.6 Å². The molecule has 0 bridgehead atoms. The molecular weight excluding hydrogens is 396 g/mol. The molecule has 2 aromatic heterocycles. The number of para-hydroxylation sites is 1.